The SMILES string of the molecule is C/C(=C/OCCC1(C)CS(=O)(=O)CCS1(=O)=O)c1ccccc1. The van der Waals surface area contributed by atoms with Gasteiger partial charge in [0.2, 0.25) is 0 Å². The number of hydrogen-bond acceptors (Lipinski definition) is 5. The second-order valence-corrected chi connectivity index (χ2v) is 11.0. The van der Waals surface area contributed by atoms with E-state index in [1.165, 1.54) is 6.92 Å². The molecule has 0 radical (unpaired) electrons. The van der Waals surface area contributed by atoms with Gasteiger partial charge in [0.05, 0.1) is 34.9 Å². The molecule has 0 N–H and O–H groups in total. The monoisotopic (exact) mass is 358 g/mol. The molecule has 1 aliphatic rings. The van der Waals surface area contributed by atoms with Crippen LogP contribution in [0.5, 0.6) is 0 Å². The van der Waals surface area contributed by atoms with Crippen LogP contribution in [0.15, 0.2) is 36.6 Å². The summed E-state index contributed by atoms with van der Waals surface area (Å²) in [6.07, 6.45) is 1.75. The Morgan fingerprint density at radius 3 is 2.48 bits per heavy atom. The predicted octanol–water partition coefficient (Wildman–Crippen LogP) is 2.06. The molecule has 1 heterocycles. The number of benzene rings is 1. The molecule has 0 aromatic heterocycles. The summed E-state index contributed by atoms with van der Waals surface area (Å²) in [6.45, 7) is 3.56. The van der Waals surface area contributed by atoms with Gasteiger partial charge in [0.15, 0.2) is 19.7 Å². The molecule has 0 spiro atoms. The number of allylic oxidation sites excluding steroid dienone is 1. The Kier molecular flexibility index (Phi) is 5.20. The highest BCUT2D eigenvalue weighted by molar-refractivity contribution is 7.99. The molecule has 1 aromatic rings. The molecule has 2 rings (SSSR count). The molecular weight excluding hydrogens is 336 g/mol. The third-order valence-electron chi connectivity index (χ3n) is 4.18. The van der Waals surface area contributed by atoms with Crippen LogP contribution in [0.4, 0.5) is 0 Å². The van der Waals surface area contributed by atoms with Crippen molar-refractivity contribution in [1.82, 2.24) is 0 Å². The summed E-state index contributed by atoms with van der Waals surface area (Å²) in [5, 5.41) is 0. The summed E-state index contributed by atoms with van der Waals surface area (Å²) in [4.78, 5) is 0. The molecule has 1 unspecified atom stereocenters. The molecule has 0 bridgehead atoms. The van der Waals surface area contributed by atoms with E-state index in [9.17, 15) is 16.8 Å². The first-order valence-electron chi connectivity index (χ1n) is 7.42. The third-order valence-corrected chi connectivity index (χ3v) is 9.11. The van der Waals surface area contributed by atoms with Crippen LogP contribution in [0, 0.1) is 0 Å². The lowest BCUT2D eigenvalue weighted by Crippen LogP contribution is -2.50. The van der Waals surface area contributed by atoms with Gasteiger partial charge in [0.1, 0.15) is 0 Å². The van der Waals surface area contributed by atoms with Crippen molar-refractivity contribution >= 4 is 25.2 Å². The average Bonchev–Trinajstić information content (AvgIpc) is 2.49. The van der Waals surface area contributed by atoms with Gasteiger partial charge in [-0.25, -0.2) is 16.8 Å². The molecule has 5 nitrogen and oxygen atoms in total. The molecule has 1 aliphatic heterocycles. The van der Waals surface area contributed by atoms with E-state index in [1.807, 2.05) is 37.3 Å². The van der Waals surface area contributed by atoms with E-state index in [0.29, 0.717) is 0 Å². The maximum Gasteiger partial charge on any atom is 0.157 e. The van der Waals surface area contributed by atoms with Gasteiger partial charge in [-0.1, -0.05) is 30.3 Å². The molecule has 1 aromatic carbocycles. The van der Waals surface area contributed by atoms with Gasteiger partial charge in [-0.2, -0.15) is 0 Å². The molecule has 1 fully saturated rings. The summed E-state index contributed by atoms with van der Waals surface area (Å²) in [6, 6.07) is 9.68. The van der Waals surface area contributed by atoms with Crippen molar-refractivity contribution in [2.45, 2.75) is 25.0 Å². The van der Waals surface area contributed by atoms with Crippen LogP contribution in [0.25, 0.3) is 5.57 Å². The highest BCUT2D eigenvalue weighted by Gasteiger charge is 2.46. The first-order chi connectivity index (χ1) is 10.7. The van der Waals surface area contributed by atoms with E-state index < -0.39 is 24.4 Å². The topological polar surface area (TPSA) is 77.5 Å². The van der Waals surface area contributed by atoms with Crippen LogP contribution in [-0.4, -0.2) is 45.4 Å². The summed E-state index contributed by atoms with van der Waals surface area (Å²) in [7, 11) is -6.73. The van der Waals surface area contributed by atoms with Crippen LogP contribution < -0.4 is 0 Å². The van der Waals surface area contributed by atoms with Crippen LogP contribution in [-0.2, 0) is 24.4 Å². The lowest BCUT2D eigenvalue weighted by molar-refractivity contribution is 0.234. The molecule has 0 saturated carbocycles. The molecule has 0 aliphatic carbocycles. The van der Waals surface area contributed by atoms with E-state index >= 15 is 0 Å². The zero-order chi connectivity index (χ0) is 17.1. The zero-order valence-electron chi connectivity index (χ0n) is 13.4. The smallest absolute Gasteiger partial charge is 0.157 e. The van der Waals surface area contributed by atoms with Gasteiger partial charge >= 0.3 is 0 Å². The second-order valence-electron chi connectivity index (χ2n) is 6.15. The van der Waals surface area contributed by atoms with Crippen molar-refractivity contribution in [1.29, 1.82) is 0 Å². The Bertz CT molecular complexity index is 779. The molecule has 0 amide bonds. The fraction of sp³-hybridized carbons (Fsp3) is 0.500. The first kappa shape index (κ1) is 18.0. The van der Waals surface area contributed by atoms with Gasteiger partial charge < -0.3 is 4.74 Å². The molecule has 7 heteroatoms. The van der Waals surface area contributed by atoms with E-state index in [-0.39, 0.29) is 30.3 Å². The standard InChI is InChI=1S/C16H22O5S2/c1-14(15-6-4-3-5-7-15)12-21-9-8-16(2)13-22(17,18)10-11-23(16,19)20/h3-7,12H,8-11,13H2,1-2H3/b14-12-. The maximum absolute atomic E-state index is 12.2. The van der Waals surface area contributed by atoms with E-state index in [4.69, 9.17) is 4.74 Å². The minimum atomic E-state index is -3.43. The summed E-state index contributed by atoms with van der Waals surface area (Å²) in [5.41, 5.74) is 1.95. The highest BCUT2D eigenvalue weighted by Crippen LogP contribution is 2.29. The highest BCUT2D eigenvalue weighted by atomic mass is 32.2. The van der Waals surface area contributed by atoms with E-state index in [2.05, 4.69) is 0 Å². The zero-order valence-corrected chi connectivity index (χ0v) is 15.0. The Morgan fingerprint density at radius 1 is 1.17 bits per heavy atom. The minimum absolute atomic E-state index is 0.160. The lowest BCUT2D eigenvalue weighted by Gasteiger charge is -2.32. The molecule has 1 saturated heterocycles. The number of hydrogen-bond donors (Lipinski definition) is 0. The number of ether oxygens (including phenoxy) is 1. The van der Waals surface area contributed by atoms with Gasteiger partial charge in [0, 0.05) is 6.42 Å². The second kappa shape index (κ2) is 6.65. The van der Waals surface area contributed by atoms with Crippen molar-refractivity contribution in [2.24, 2.45) is 0 Å². The average molecular weight is 358 g/mol. The summed E-state index contributed by atoms with van der Waals surface area (Å²) in [5.74, 6) is -0.906. The van der Waals surface area contributed by atoms with Crippen LogP contribution in [0.3, 0.4) is 0 Å². The van der Waals surface area contributed by atoms with Crippen molar-refractivity contribution in [3.63, 3.8) is 0 Å². The van der Waals surface area contributed by atoms with Crippen molar-refractivity contribution in [3.8, 4) is 0 Å². The molecule has 1 atom stereocenters. The number of rotatable bonds is 5. The predicted molar refractivity (Wildman–Crippen MR) is 91.5 cm³/mol. The Labute approximate surface area is 138 Å². The summed E-state index contributed by atoms with van der Waals surface area (Å²) < 4.78 is 52.1. The Hall–Kier alpha value is -1.34. The van der Waals surface area contributed by atoms with Crippen molar-refractivity contribution in [2.75, 3.05) is 23.9 Å². The van der Waals surface area contributed by atoms with Crippen molar-refractivity contribution < 1.29 is 21.6 Å². The normalized spacial score (nSPS) is 26.6. The largest absolute Gasteiger partial charge is 0.501 e. The fourth-order valence-corrected chi connectivity index (χ4v) is 7.82. The van der Waals surface area contributed by atoms with Crippen LogP contribution >= 0.6 is 0 Å². The van der Waals surface area contributed by atoms with Gasteiger partial charge in [-0.15, -0.1) is 0 Å². The van der Waals surface area contributed by atoms with Crippen LogP contribution in [0.2, 0.25) is 0 Å². The fourth-order valence-electron chi connectivity index (χ4n) is 2.57. The quantitative estimate of drug-likeness (QED) is 0.595. The molecule has 128 valence electrons. The third kappa shape index (κ3) is 4.35. The van der Waals surface area contributed by atoms with Crippen molar-refractivity contribution in [3.05, 3.63) is 42.2 Å². The van der Waals surface area contributed by atoms with Crippen LogP contribution in [0.1, 0.15) is 25.8 Å². The van der Waals surface area contributed by atoms with Gasteiger partial charge in [-0.05, 0) is 25.0 Å². The minimum Gasteiger partial charge on any atom is -0.501 e. The lowest BCUT2D eigenvalue weighted by atomic mass is 10.1. The summed E-state index contributed by atoms with van der Waals surface area (Å²) >= 11 is 0. The maximum atomic E-state index is 12.2. The Morgan fingerprint density at radius 2 is 1.83 bits per heavy atom. The first-order valence-corrected chi connectivity index (χ1v) is 10.9. The Balaban J connectivity index is 2.00. The van der Waals surface area contributed by atoms with Gasteiger partial charge in [0.25, 0.3) is 0 Å². The molecule has 23 heavy (non-hydrogen) atoms. The van der Waals surface area contributed by atoms with E-state index in [0.717, 1.165) is 11.1 Å². The number of sulfone groups is 2. The van der Waals surface area contributed by atoms with Gasteiger partial charge in [-0.3, -0.25) is 0 Å². The molecular formula is C16H22O5S2. The van der Waals surface area contributed by atoms with E-state index in [1.54, 1.807) is 6.26 Å².